The second-order valence-electron chi connectivity index (χ2n) is 8.52. The second-order valence-corrected chi connectivity index (χ2v) is 9.82. The Kier molecular flexibility index (Phi) is 8.13. The maximum Gasteiger partial charge on any atom is 0.237 e. The van der Waals surface area contributed by atoms with E-state index in [1.54, 1.807) is 19.1 Å². The molecule has 0 aliphatic heterocycles. The van der Waals surface area contributed by atoms with E-state index in [-0.39, 0.29) is 18.1 Å². The average Bonchev–Trinajstić information content (AvgIpc) is 3.18. The number of benzene rings is 2. The number of carbonyl (C=O) groups is 1. The highest BCUT2D eigenvalue weighted by atomic mass is 32.2. The fraction of sp³-hybridized carbons (Fsp3) is 0.400. The minimum absolute atomic E-state index is 0.0716. The zero-order valence-corrected chi connectivity index (χ0v) is 20.7. The van der Waals surface area contributed by atoms with Crippen LogP contribution in [-0.2, 0) is 4.79 Å². The number of nitrogens with one attached hydrogen (secondary N) is 1. The molecule has 6 nitrogen and oxygen atoms in total. The maximum absolute atomic E-state index is 13.4. The van der Waals surface area contributed by atoms with Crippen LogP contribution in [0.3, 0.4) is 0 Å². The summed E-state index contributed by atoms with van der Waals surface area (Å²) < 4.78 is 21.7. The van der Waals surface area contributed by atoms with Gasteiger partial charge in [0.05, 0.1) is 5.25 Å². The van der Waals surface area contributed by atoms with Gasteiger partial charge in [0.2, 0.25) is 5.91 Å². The van der Waals surface area contributed by atoms with Crippen molar-refractivity contribution in [1.29, 1.82) is 0 Å². The minimum Gasteiger partial charge on any atom is -0.482 e. The average molecular weight is 471 g/mol. The number of hydrogen-bond donors (Lipinski definition) is 1. The topological polar surface area (TPSA) is 69.0 Å². The van der Waals surface area contributed by atoms with Gasteiger partial charge in [-0.05, 0) is 63.4 Å². The van der Waals surface area contributed by atoms with Gasteiger partial charge in [0, 0.05) is 11.7 Å². The normalized spacial score (nSPS) is 13.2. The zero-order valence-electron chi connectivity index (χ0n) is 19.9. The molecule has 33 heavy (non-hydrogen) atoms. The first-order chi connectivity index (χ1) is 15.7. The number of para-hydroxylation sites is 1. The van der Waals surface area contributed by atoms with Gasteiger partial charge in [-0.3, -0.25) is 4.79 Å². The van der Waals surface area contributed by atoms with Crippen LogP contribution in [0.1, 0.15) is 71.0 Å². The summed E-state index contributed by atoms with van der Waals surface area (Å²) in [6, 6.07) is 13.9. The molecule has 8 heteroatoms. The molecule has 2 atom stereocenters. The van der Waals surface area contributed by atoms with Crippen LogP contribution in [0, 0.1) is 5.82 Å². The van der Waals surface area contributed by atoms with Crippen molar-refractivity contribution in [3.63, 3.8) is 0 Å². The van der Waals surface area contributed by atoms with E-state index in [2.05, 4.69) is 35.4 Å². The minimum atomic E-state index is -0.458. The van der Waals surface area contributed by atoms with Crippen LogP contribution >= 0.6 is 11.8 Å². The molecule has 2 aromatic carbocycles. The van der Waals surface area contributed by atoms with Crippen LogP contribution in [0.5, 0.6) is 5.75 Å². The van der Waals surface area contributed by atoms with Gasteiger partial charge < -0.3 is 14.6 Å². The number of aromatic nitrogens is 3. The first-order valence-corrected chi connectivity index (χ1v) is 12.0. The molecule has 176 valence electrons. The molecule has 1 amide bonds. The van der Waals surface area contributed by atoms with E-state index in [9.17, 15) is 9.18 Å². The summed E-state index contributed by atoms with van der Waals surface area (Å²) in [7, 11) is 0. The predicted molar refractivity (Wildman–Crippen MR) is 130 cm³/mol. The predicted octanol–water partition coefficient (Wildman–Crippen LogP) is 6.38. The van der Waals surface area contributed by atoms with Crippen molar-refractivity contribution >= 4 is 23.4 Å². The van der Waals surface area contributed by atoms with Gasteiger partial charge in [0.1, 0.15) is 11.6 Å². The van der Waals surface area contributed by atoms with Gasteiger partial charge >= 0.3 is 0 Å². The molecule has 0 aliphatic carbocycles. The lowest BCUT2D eigenvalue weighted by Crippen LogP contribution is -2.23. The molecule has 2 unspecified atom stereocenters. The highest BCUT2D eigenvalue weighted by Crippen LogP contribution is 2.33. The maximum atomic E-state index is 13.4. The third-order valence-corrected chi connectivity index (χ3v) is 6.22. The van der Waals surface area contributed by atoms with Crippen molar-refractivity contribution < 1.29 is 13.9 Å². The fourth-order valence-corrected chi connectivity index (χ4v) is 4.45. The lowest BCUT2D eigenvalue weighted by Gasteiger charge is -2.21. The van der Waals surface area contributed by atoms with E-state index in [1.165, 1.54) is 23.9 Å². The zero-order chi connectivity index (χ0) is 24.1. The van der Waals surface area contributed by atoms with Crippen molar-refractivity contribution in [1.82, 2.24) is 14.8 Å². The summed E-state index contributed by atoms with van der Waals surface area (Å²) in [4.78, 5) is 12.7. The van der Waals surface area contributed by atoms with Crippen molar-refractivity contribution in [2.75, 3.05) is 5.32 Å². The van der Waals surface area contributed by atoms with E-state index in [1.807, 2.05) is 43.5 Å². The number of carbonyl (C=O) groups excluding carboxylic acids is 1. The molecule has 0 aliphatic rings. The fourth-order valence-electron chi connectivity index (χ4n) is 3.46. The summed E-state index contributed by atoms with van der Waals surface area (Å²) in [5, 5.41) is 11.7. The van der Waals surface area contributed by atoms with Gasteiger partial charge in [-0.15, -0.1) is 10.2 Å². The molecule has 0 fully saturated rings. The largest absolute Gasteiger partial charge is 0.482 e. The van der Waals surface area contributed by atoms with E-state index < -0.39 is 11.1 Å². The van der Waals surface area contributed by atoms with Gasteiger partial charge in [0.25, 0.3) is 0 Å². The number of hydrogen-bond acceptors (Lipinski definition) is 5. The molecule has 0 saturated heterocycles. The third kappa shape index (κ3) is 6.13. The Hall–Kier alpha value is -2.87. The van der Waals surface area contributed by atoms with Gasteiger partial charge in [-0.25, -0.2) is 4.39 Å². The third-order valence-electron chi connectivity index (χ3n) is 5.16. The molecule has 1 N–H and O–H groups in total. The lowest BCUT2D eigenvalue weighted by atomic mass is 10.0. The van der Waals surface area contributed by atoms with E-state index in [0.29, 0.717) is 22.6 Å². The van der Waals surface area contributed by atoms with Crippen LogP contribution in [0.15, 0.2) is 53.7 Å². The molecule has 1 aromatic heterocycles. The quantitative estimate of drug-likeness (QED) is 0.368. The lowest BCUT2D eigenvalue weighted by molar-refractivity contribution is -0.115. The van der Waals surface area contributed by atoms with Crippen LogP contribution in [0.25, 0.3) is 0 Å². The molecular formula is C25H31FN4O2S. The van der Waals surface area contributed by atoms with Gasteiger partial charge in [-0.2, -0.15) is 0 Å². The Morgan fingerprint density at radius 3 is 2.42 bits per heavy atom. The second kappa shape index (κ2) is 10.8. The SMILES string of the molecule is CC(Sc1nnc(C(C)Oc2ccccc2C(C)C)n1C(C)C)C(=O)Nc1cccc(F)c1. The molecular weight excluding hydrogens is 439 g/mol. The van der Waals surface area contributed by atoms with Crippen molar-refractivity contribution in [2.45, 2.75) is 70.0 Å². The van der Waals surface area contributed by atoms with Crippen LogP contribution in [0.2, 0.25) is 0 Å². The summed E-state index contributed by atoms with van der Waals surface area (Å²) in [5.74, 6) is 1.23. The highest BCUT2D eigenvalue weighted by Gasteiger charge is 2.25. The van der Waals surface area contributed by atoms with Crippen LogP contribution in [-0.4, -0.2) is 25.9 Å². The first-order valence-electron chi connectivity index (χ1n) is 11.1. The van der Waals surface area contributed by atoms with Gasteiger partial charge in [0.15, 0.2) is 17.1 Å². The molecule has 0 radical (unpaired) electrons. The number of rotatable bonds is 9. The van der Waals surface area contributed by atoms with Crippen molar-refractivity contribution in [2.24, 2.45) is 0 Å². The number of ether oxygens (including phenoxy) is 1. The summed E-state index contributed by atoms with van der Waals surface area (Å²) in [6.45, 7) is 12.1. The molecule has 0 bridgehead atoms. The molecule has 0 saturated carbocycles. The van der Waals surface area contributed by atoms with E-state index in [4.69, 9.17) is 4.74 Å². The van der Waals surface area contributed by atoms with Crippen molar-refractivity contribution in [3.05, 3.63) is 65.7 Å². The van der Waals surface area contributed by atoms with Crippen LogP contribution in [0.4, 0.5) is 10.1 Å². The Labute approximate surface area is 199 Å². The standard InChI is InChI=1S/C25H31FN4O2S/c1-15(2)21-12-7-8-13-22(21)32-17(5)23-28-29-25(30(23)16(3)4)33-18(6)24(31)27-20-11-9-10-19(26)14-20/h7-18H,1-6H3,(H,27,31). The number of halogens is 1. The summed E-state index contributed by atoms with van der Waals surface area (Å²) in [6.07, 6.45) is -0.328. The van der Waals surface area contributed by atoms with E-state index >= 15 is 0 Å². The number of nitrogens with zero attached hydrogens (tertiary/aromatic N) is 3. The smallest absolute Gasteiger partial charge is 0.237 e. The van der Waals surface area contributed by atoms with Crippen molar-refractivity contribution in [3.8, 4) is 5.75 Å². The molecule has 1 heterocycles. The monoisotopic (exact) mass is 470 g/mol. The number of thioether (sulfide) groups is 1. The molecule has 3 aromatic rings. The Balaban J connectivity index is 1.77. The highest BCUT2D eigenvalue weighted by molar-refractivity contribution is 8.00. The van der Waals surface area contributed by atoms with Crippen LogP contribution < -0.4 is 10.1 Å². The Morgan fingerprint density at radius 2 is 1.76 bits per heavy atom. The summed E-state index contributed by atoms with van der Waals surface area (Å²) >= 11 is 1.31. The Bertz CT molecular complexity index is 1100. The Morgan fingerprint density at radius 1 is 1.03 bits per heavy atom. The first kappa shape index (κ1) is 24.8. The number of anilines is 1. The van der Waals surface area contributed by atoms with Gasteiger partial charge in [-0.1, -0.05) is 49.9 Å². The van der Waals surface area contributed by atoms with E-state index in [0.717, 1.165) is 11.3 Å². The number of amides is 1. The summed E-state index contributed by atoms with van der Waals surface area (Å²) in [5.41, 5.74) is 1.56. The molecule has 0 spiro atoms. The molecule has 3 rings (SSSR count).